The van der Waals surface area contributed by atoms with Crippen molar-refractivity contribution in [1.29, 1.82) is 0 Å². The maximum absolute atomic E-state index is 12.8. The Labute approximate surface area is 170 Å². The van der Waals surface area contributed by atoms with Crippen molar-refractivity contribution in [2.24, 2.45) is 0 Å². The zero-order valence-corrected chi connectivity index (χ0v) is 17.2. The van der Waals surface area contributed by atoms with E-state index in [1.807, 2.05) is 43.0 Å². The van der Waals surface area contributed by atoms with Crippen LogP contribution in [0.1, 0.15) is 49.1 Å². The first-order valence-corrected chi connectivity index (χ1v) is 10.2. The minimum Gasteiger partial charge on any atom is -0.473 e. The van der Waals surface area contributed by atoms with E-state index in [9.17, 15) is 4.79 Å². The van der Waals surface area contributed by atoms with Crippen LogP contribution in [0.5, 0.6) is 5.88 Å². The highest BCUT2D eigenvalue weighted by atomic mass is 16.5. The summed E-state index contributed by atoms with van der Waals surface area (Å²) in [4.78, 5) is 23.7. The molecule has 0 saturated carbocycles. The van der Waals surface area contributed by atoms with Gasteiger partial charge in [0.1, 0.15) is 6.10 Å². The van der Waals surface area contributed by atoms with Crippen LogP contribution in [0, 0.1) is 13.8 Å². The molecule has 0 unspecified atom stereocenters. The Morgan fingerprint density at radius 2 is 1.97 bits per heavy atom. The summed E-state index contributed by atoms with van der Waals surface area (Å²) in [7, 11) is 0. The van der Waals surface area contributed by atoms with E-state index in [2.05, 4.69) is 27.1 Å². The first kappa shape index (κ1) is 19.4. The molecule has 2 aromatic heterocycles. The van der Waals surface area contributed by atoms with Gasteiger partial charge in [0.25, 0.3) is 0 Å². The van der Waals surface area contributed by atoms with Crippen LogP contribution < -0.4 is 4.74 Å². The number of fused-ring (bicyclic) bond motifs is 1. The number of hydrogen-bond donors (Lipinski definition) is 1. The molecule has 7 heteroatoms. The number of amides is 1. The average Bonchev–Trinajstić information content (AvgIpc) is 3.06. The molecule has 1 N–H and O–H groups in total. The Morgan fingerprint density at radius 1 is 1.24 bits per heavy atom. The van der Waals surface area contributed by atoms with Gasteiger partial charge >= 0.3 is 0 Å². The number of H-pyrrole nitrogens is 1. The molecule has 1 atom stereocenters. The third-order valence-electron chi connectivity index (χ3n) is 5.67. The van der Waals surface area contributed by atoms with Crippen LogP contribution in [0.4, 0.5) is 0 Å². The second-order valence-corrected chi connectivity index (χ2v) is 7.85. The summed E-state index contributed by atoms with van der Waals surface area (Å²) in [5.74, 6) is 0.901. The maximum Gasteiger partial charge on any atom is 0.233 e. The van der Waals surface area contributed by atoms with Crippen molar-refractivity contribution in [1.82, 2.24) is 25.1 Å². The van der Waals surface area contributed by atoms with Crippen molar-refractivity contribution in [3.05, 3.63) is 47.4 Å². The Balaban J connectivity index is 1.31. The van der Waals surface area contributed by atoms with Gasteiger partial charge in [-0.15, -0.1) is 0 Å². The van der Waals surface area contributed by atoms with E-state index in [0.29, 0.717) is 25.4 Å². The highest BCUT2D eigenvalue weighted by molar-refractivity contribution is 5.77. The lowest BCUT2D eigenvalue weighted by Crippen LogP contribution is -2.42. The number of carbonyl (C=O) groups excluding carboxylic acids is 1. The minimum absolute atomic E-state index is 0.0605. The fourth-order valence-electron chi connectivity index (χ4n) is 4.17. The summed E-state index contributed by atoms with van der Waals surface area (Å²) in [5, 5.41) is 7.26. The van der Waals surface area contributed by atoms with Crippen molar-refractivity contribution in [3.63, 3.8) is 0 Å². The highest BCUT2D eigenvalue weighted by Crippen LogP contribution is 2.26. The molecule has 0 radical (unpaired) electrons. The van der Waals surface area contributed by atoms with Gasteiger partial charge in [0.15, 0.2) is 0 Å². The van der Waals surface area contributed by atoms with Gasteiger partial charge in [-0.2, -0.15) is 5.10 Å². The van der Waals surface area contributed by atoms with E-state index in [-0.39, 0.29) is 17.9 Å². The van der Waals surface area contributed by atoms with Crippen LogP contribution in [0.25, 0.3) is 11.0 Å². The number of hydrogen-bond acceptors (Lipinski definition) is 5. The standard InChI is InChI=1S/C22H27N5O2/c1-14(22-15(2)25-26-16(22)3)12-21(28)27-10-8-17(9-11-27)29-20-13-23-18-6-4-5-7-19(18)24-20/h4-7,13-14,17H,8-12H2,1-3H3,(H,25,26)/t14-/m1/s1. The van der Waals surface area contributed by atoms with Crippen molar-refractivity contribution >= 4 is 16.9 Å². The van der Waals surface area contributed by atoms with Crippen molar-refractivity contribution in [2.75, 3.05) is 13.1 Å². The van der Waals surface area contributed by atoms with Crippen LogP contribution >= 0.6 is 0 Å². The molecule has 0 spiro atoms. The van der Waals surface area contributed by atoms with Crippen LogP contribution in [0.2, 0.25) is 0 Å². The number of aromatic amines is 1. The van der Waals surface area contributed by atoms with Crippen LogP contribution in [0.3, 0.4) is 0 Å². The lowest BCUT2D eigenvalue weighted by Gasteiger charge is -2.32. The number of carbonyl (C=O) groups is 1. The molecule has 1 aliphatic heterocycles. The monoisotopic (exact) mass is 393 g/mol. The van der Waals surface area contributed by atoms with Gasteiger partial charge in [0, 0.05) is 38.0 Å². The van der Waals surface area contributed by atoms with Crippen LogP contribution in [0.15, 0.2) is 30.5 Å². The molecule has 1 aromatic carbocycles. The maximum atomic E-state index is 12.8. The quantitative estimate of drug-likeness (QED) is 0.717. The van der Waals surface area contributed by atoms with Gasteiger partial charge in [0.05, 0.1) is 22.9 Å². The number of ether oxygens (including phenoxy) is 1. The molecular formula is C22H27N5O2. The summed E-state index contributed by atoms with van der Waals surface area (Å²) >= 11 is 0. The van der Waals surface area contributed by atoms with E-state index in [1.165, 1.54) is 0 Å². The molecule has 4 rings (SSSR count). The zero-order chi connectivity index (χ0) is 20.4. The van der Waals surface area contributed by atoms with E-state index in [1.54, 1.807) is 6.20 Å². The number of nitrogens with zero attached hydrogens (tertiary/aromatic N) is 4. The first-order valence-electron chi connectivity index (χ1n) is 10.2. The van der Waals surface area contributed by atoms with Gasteiger partial charge < -0.3 is 9.64 Å². The molecule has 7 nitrogen and oxygen atoms in total. The summed E-state index contributed by atoms with van der Waals surface area (Å²) in [6.07, 6.45) is 3.85. The van der Waals surface area contributed by atoms with Gasteiger partial charge in [-0.3, -0.25) is 9.89 Å². The Bertz CT molecular complexity index is 988. The van der Waals surface area contributed by atoms with Gasteiger partial charge in [0.2, 0.25) is 11.8 Å². The van der Waals surface area contributed by atoms with E-state index in [0.717, 1.165) is 40.8 Å². The molecule has 152 valence electrons. The molecule has 1 aliphatic rings. The molecule has 3 heterocycles. The van der Waals surface area contributed by atoms with Crippen LogP contribution in [-0.4, -0.2) is 50.2 Å². The van der Waals surface area contributed by atoms with E-state index in [4.69, 9.17) is 4.74 Å². The van der Waals surface area contributed by atoms with Crippen LogP contribution in [-0.2, 0) is 4.79 Å². The normalized spacial score (nSPS) is 16.2. The zero-order valence-electron chi connectivity index (χ0n) is 17.2. The van der Waals surface area contributed by atoms with Gasteiger partial charge in [-0.05, 0) is 37.5 Å². The molecule has 1 saturated heterocycles. The van der Waals surface area contributed by atoms with Gasteiger partial charge in [-0.25, -0.2) is 9.97 Å². The number of aryl methyl sites for hydroxylation is 2. The fourth-order valence-corrected chi connectivity index (χ4v) is 4.17. The number of aromatic nitrogens is 4. The molecule has 3 aromatic rings. The molecular weight excluding hydrogens is 366 g/mol. The highest BCUT2D eigenvalue weighted by Gasteiger charge is 2.26. The second-order valence-electron chi connectivity index (χ2n) is 7.85. The fraction of sp³-hybridized carbons (Fsp3) is 0.455. The lowest BCUT2D eigenvalue weighted by atomic mass is 9.95. The Hall–Kier alpha value is -2.96. The number of likely N-dealkylation sites (tertiary alicyclic amines) is 1. The van der Waals surface area contributed by atoms with E-state index >= 15 is 0 Å². The van der Waals surface area contributed by atoms with E-state index < -0.39 is 0 Å². The average molecular weight is 393 g/mol. The minimum atomic E-state index is 0.0605. The largest absolute Gasteiger partial charge is 0.473 e. The first-order chi connectivity index (χ1) is 14.0. The molecule has 0 aliphatic carbocycles. The second kappa shape index (κ2) is 8.19. The number of piperidine rings is 1. The predicted octanol–water partition coefficient (Wildman–Crippen LogP) is 3.53. The summed E-state index contributed by atoms with van der Waals surface area (Å²) in [5.41, 5.74) is 4.87. The van der Waals surface area contributed by atoms with Gasteiger partial charge in [-0.1, -0.05) is 19.1 Å². The number of nitrogens with one attached hydrogen (secondary N) is 1. The summed E-state index contributed by atoms with van der Waals surface area (Å²) in [6, 6.07) is 7.75. The van der Waals surface area contributed by atoms with Crippen molar-refractivity contribution in [2.45, 2.75) is 52.1 Å². The predicted molar refractivity (Wildman–Crippen MR) is 111 cm³/mol. The molecule has 1 amide bonds. The van der Waals surface area contributed by atoms with Crippen molar-refractivity contribution < 1.29 is 9.53 Å². The van der Waals surface area contributed by atoms with Crippen molar-refractivity contribution in [3.8, 4) is 5.88 Å². The molecule has 1 fully saturated rings. The Kier molecular flexibility index (Phi) is 5.47. The smallest absolute Gasteiger partial charge is 0.233 e. The SMILES string of the molecule is Cc1n[nH]c(C)c1[C@H](C)CC(=O)N1CCC(Oc2cnc3ccccc3n2)CC1. The lowest BCUT2D eigenvalue weighted by molar-refractivity contribution is -0.133. The summed E-state index contributed by atoms with van der Waals surface area (Å²) < 4.78 is 6.04. The third-order valence-corrected chi connectivity index (χ3v) is 5.67. The topological polar surface area (TPSA) is 84.0 Å². The third kappa shape index (κ3) is 4.23. The number of rotatable bonds is 5. The number of para-hydroxylation sites is 2. The molecule has 29 heavy (non-hydrogen) atoms. The molecule has 0 bridgehead atoms. The Morgan fingerprint density at radius 3 is 2.66 bits per heavy atom. The number of benzene rings is 1. The summed E-state index contributed by atoms with van der Waals surface area (Å²) in [6.45, 7) is 7.51.